The second-order valence-electron chi connectivity index (χ2n) is 6.18. The van der Waals surface area contributed by atoms with Crippen molar-refractivity contribution in [3.63, 3.8) is 0 Å². The van der Waals surface area contributed by atoms with E-state index in [-0.39, 0.29) is 11.7 Å². The van der Waals surface area contributed by atoms with Crippen molar-refractivity contribution in [3.8, 4) is 0 Å². The third-order valence-electron chi connectivity index (χ3n) is 4.20. The molecule has 7 nitrogen and oxygen atoms in total. The van der Waals surface area contributed by atoms with Crippen LogP contribution in [0.25, 0.3) is 0 Å². The summed E-state index contributed by atoms with van der Waals surface area (Å²) in [6.45, 7) is 1.47. The predicted molar refractivity (Wildman–Crippen MR) is 104 cm³/mol. The minimum atomic E-state index is -0.287. The van der Waals surface area contributed by atoms with Gasteiger partial charge in [-0.15, -0.1) is 10.2 Å². The third kappa shape index (κ3) is 3.89. The smallest absolute Gasteiger partial charge is 0.232 e. The highest BCUT2D eigenvalue weighted by molar-refractivity contribution is 5.89. The van der Waals surface area contributed by atoms with Crippen LogP contribution in [-0.2, 0) is 11.8 Å². The molecule has 27 heavy (non-hydrogen) atoms. The Kier molecular flexibility index (Phi) is 5.07. The number of rotatable bonds is 5. The summed E-state index contributed by atoms with van der Waals surface area (Å²) >= 11 is 0. The summed E-state index contributed by atoms with van der Waals surface area (Å²) in [5.74, 6) is 0.821. The summed E-state index contributed by atoms with van der Waals surface area (Å²) < 4.78 is 15.0. The molecule has 3 rings (SSSR count). The Hall–Kier alpha value is -3.42. The molecule has 1 aromatic heterocycles. The predicted octanol–water partition coefficient (Wildman–Crippen LogP) is 3.45. The number of hydrogen-bond acceptors (Lipinski definition) is 5. The lowest BCUT2D eigenvalue weighted by molar-refractivity contribution is -0.114. The van der Waals surface area contributed by atoms with E-state index >= 15 is 0 Å². The zero-order chi connectivity index (χ0) is 19.6. The van der Waals surface area contributed by atoms with E-state index in [0.29, 0.717) is 17.6 Å². The van der Waals surface area contributed by atoms with Gasteiger partial charge in [-0.25, -0.2) is 4.39 Å². The lowest BCUT2D eigenvalue weighted by Gasteiger charge is -2.21. The molecule has 1 N–H and O–H groups in total. The van der Waals surface area contributed by atoms with Gasteiger partial charge in [-0.05, 0) is 42.5 Å². The van der Waals surface area contributed by atoms with E-state index in [1.165, 1.54) is 19.1 Å². The minimum Gasteiger partial charge on any atom is -0.326 e. The maximum Gasteiger partial charge on any atom is 0.232 e. The fraction of sp³-hybridized carbons (Fsp3) is 0.211. The molecular formula is C19H21FN6O. The molecule has 0 atom stereocenters. The first-order valence-corrected chi connectivity index (χ1v) is 8.37. The zero-order valence-corrected chi connectivity index (χ0v) is 15.6. The van der Waals surface area contributed by atoms with Gasteiger partial charge in [0, 0.05) is 45.1 Å². The highest BCUT2D eigenvalue weighted by Gasteiger charge is 2.18. The summed E-state index contributed by atoms with van der Waals surface area (Å²) in [6, 6.07) is 13.6. The Morgan fingerprint density at radius 2 is 1.59 bits per heavy atom. The van der Waals surface area contributed by atoms with E-state index in [2.05, 4.69) is 15.5 Å². The number of halogens is 1. The molecule has 0 aliphatic rings. The number of anilines is 5. The van der Waals surface area contributed by atoms with E-state index in [9.17, 15) is 9.18 Å². The number of benzene rings is 2. The standard InChI is InChI=1S/C19H21FN6O/c1-13(27)21-15-6-5-7-17(12-15)25(3)19-23-22-18(26(19)4)24(2)16-10-8-14(20)9-11-16/h5-12H,1-4H3,(H,21,27). The Bertz CT molecular complexity index is 953. The second kappa shape index (κ2) is 7.45. The molecular weight excluding hydrogens is 347 g/mol. The highest BCUT2D eigenvalue weighted by atomic mass is 19.1. The lowest BCUT2D eigenvalue weighted by Crippen LogP contribution is -2.18. The Labute approximate surface area is 157 Å². The lowest BCUT2D eigenvalue weighted by atomic mass is 10.2. The third-order valence-corrected chi connectivity index (χ3v) is 4.20. The van der Waals surface area contributed by atoms with Gasteiger partial charge in [0.05, 0.1) is 0 Å². The number of nitrogens with zero attached hydrogens (tertiary/aromatic N) is 5. The van der Waals surface area contributed by atoms with E-state index in [1.807, 2.05) is 59.8 Å². The summed E-state index contributed by atoms with van der Waals surface area (Å²) in [6.07, 6.45) is 0. The van der Waals surface area contributed by atoms with Crippen LogP contribution in [0.1, 0.15) is 6.92 Å². The van der Waals surface area contributed by atoms with Gasteiger partial charge in [0.2, 0.25) is 17.8 Å². The average molecular weight is 368 g/mol. The SMILES string of the molecule is CC(=O)Nc1cccc(N(C)c2nnc(N(C)c3ccc(F)cc3)n2C)c1. The van der Waals surface area contributed by atoms with Crippen LogP contribution in [0, 0.1) is 5.82 Å². The van der Waals surface area contributed by atoms with E-state index < -0.39 is 0 Å². The molecule has 2 aromatic carbocycles. The monoisotopic (exact) mass is 368 g/mol. The Morgan fingerprint density at radius 3 is 2.19 bits per heavy atom. The number of amides is 1. The van der Waals surface area contributed by atoms with Crippen molar-refractivity contribution in [1.29, 1.82) is 0 Å². The molecule has 0 unspecified atom stereocenters. The van der Waals surface area contributed by atoms with Crippen molar-refractivity contribution in [2.75, 3.05) is 29.2 Å². The van der Waals surface area contributed by atoms with Gasteiger partial charge in [0.15, 0.2) is 0 Å². The number of carbonyl (C=O) groups is 1. The maximum absolute atomic E-state index is 13.2. The highest BCUT2D eigenvalue weighted by Crippen LogP contribution is 2.28. The maximum atomic E-state index is 13.2. The van der Waals surface area contributed by atoms with Gasteiger partial charge < -0.3 is 15.1 Å². The topological polar surface area (TPSA) is 66.3 Å². The van der Waals surface area contributed by atoms with Crippen LogP contribution >= 0.6 is 0 Å². The molecule has 140 valence electrons. The number of carbonyl (C=O) groups excluding carboxylic acids is 1. The van der Waals surface area contributed by atoms with Crippen LogP contribution in [0.15, 0.2) is 48.5 Å². The summed E-state index contributed by atoms with van der Waals surface area (Å²) in [4.78, 5) is 15.0. The van der Waals surface area contributed by atoms with Crippen molar-refractivity contribution in [2.24, 2.45) is 7.05 Å². The first-order chi connectivity index (χ1) is 12.9. The normalized spacial score (nSPS) is 10.6. The summed E-state index contributed by atoms with van der Waals surface area (Å²) in [5.41, 5.74) is 2.36. The van der Waals surface area contributed by atoms with Crippen molar-refractivity contribution < 1.29 is 9.18 Å². The first-order valence-electron chi connectivity index (χ1n) is 8.37. The fourth-order valence-electron chi connectivity index (χ4n) is 2.79. The molecule has 0 radical (unpaired) electrons. The molecule has 0 aliphatic carbocycles. The average Bonchev–Trinajstić information content (AvgIpc) is 3.02. The molecule has 0 saturated carbocycles. The van der Waals surface area contributed by atoms with Crippen LogP contribution in [-0.4, -0.2) is 34.8 Å². The van der Waals surface area contributed by atoms with Crippen molar-refractivity contribution >= 4 is 34.9 Å². The van der Waals surface area contributed by atoms with Crippen LogP contribution in [0.3, 0.4) is 0 Å². The van der Waals surface area contributed by atoms with E-state index in [4.69, 9.17) is 0 Å². The molecule has 0 aliphatic heterocycles. The van der Waals surface area contributed by atoms with Gasteiger partial charge in [-0.3, -0.25) is 9.36 Å². The summed E-state index contributed by atoms with van der Waals surface area (Å²) in [5, 5.41) is 11.3. The molecule has 0 saturated heterocycles. The Morgan fingerprint density at radius 1 is 1.00 bits per heavy atom. The molecule has 0 bridgehead atoms. The van der Waals surface area contributed by atoms with Gasteiger partial charge in [-0.2, -0.15) is 0 Å². The van der Waals surface area contributed by atoms with Gasteiger partial charge in [0.25, 0.3) is 0 Å². The molecule has 0 spiro atoms. The van der Waals surface area contributed by atoms with E-state index in [1.54, 1.807) is 12.1 Å². The van der Waals surface area contributed by atoms with Crippen molar-refractivity contribution in [2.45, 2.75) is 6.92 Å². The molecule has 0 fully saturated rings. The van der Waals surface area contributed by atoms with Gasteiger partial charge >= 0.3 is 0 Å². The minimum absolute atomic E-state index is 0.128. The largest absolute Gasteiger partial charge is 0.326 e. The number of aromatic nitrogens is 3. The first kappa shape index (κ1) is 18.4. The van der Waals surface area contributed by atoms with Crippen LogP contribution in [0.5, 0.6) is 0 Å². The Balaban J connectivity index is 1.88. The van der Waals surface area contributed by atoms with Gasteiger partial charge in [0.1, 0.15) is 5.82 Å². The summed E-state index contributed by atoms with van der Waals surface area (Å²) in [7, 11) is 5.58. The van der Waals surface area contributed by atoms with E-state index in [0.717, 1.165) is 11.4 Å². The van der Waals surface area contributed by atoms with Crippen LogP contribution in [0.2, 0.25) is 0 Å². The molecule has 3 aromatic rings. The molecule has 1 heterocycles. The quantitative estimate of drug-likeness (QED) is 0.747. The zero-order valence-electron chi connectivity index (χ0n) is 15.6. The van der Waals surface area contributed by atoms with Crippen molar-refractivity contribution in [3.05, 3.63) is 54.3 Å². The van der Waals surface area contributed by atoms with Crippen molar-refractivity contribution in [1.82, 2.24) is 14.8 Å². The second-order valence-corrected chi connectivity index (χ2v) is 6.18. The van der Waals surface area contributed by atoms with Gasteiger partial charge in [-0.1, -0.05) is 6.07 Å². The van der Waals surface area contributed by atoms with Crippen LogP contribution < -0.4 is 15.1 Å². The van der Waals surface area contributed by atoms with Crippen LogP contribution in [0.4, 0.5) is 33.3 Å². The molecule has 1 amide bonds. The number of hydrogen-bond donors (Lipinski definition) is 1. The number of nitrogens with one attached hydrogen (secondary N) is 1. The fourth-order valence-corrected chi connectivity index (χ4v) is 2.79. The molecule has 8 heteroatoms.